The highest BCUT2D eigenvalue weighted by Gasteiger charge is 1.95. The Morgan fingerprint density at radius 2 is 2.47 bits per heavy atom. The van der Waals surface area contributed by atoms with Gasteiger partial charge in [0.25, 0.3) is 0 Å². The molecule has 1 aromatic rings. The summed E-state index contributed by atoms with van der Waals surface area (Å²) in [5.74, 6) is 1.19. The molecule has 80 valence electrons. The van der Waals surface area contributed by atoms with E-state index in [2.05, 4.69) is 16.6 Å². The molecule has 3 nitrogen and oxygen atoms in total. The molecule has 0 unspecified atom stereocenters. The van der Waals surface area contributed by atoms with Crippen molar-refractivity contribution in [1.29, 1.82) is 5.26 Å². The number of rotatable bonds is 6. The lowest BCUT2D eigenvalue weighted by atomic mass is 10.2. The Hall–Kier alpha value is -1.05. The van der Waals surface area contributed by atoms with Gasteiger partial charge in [0, 0.05) is 12.7 Å². The number of pyridine rings is 1. The fourth-order valence-electron chi connectivity index (χ4n) is 1.22. The Morgan fingerprint density at radius 3 is 3.20 bits per heavy atom. The zero-order valence-corrected chi connectivity index (χ0v) is 9.68. The average molecular weight is 221 g/mol. The maximum absolute atomic E-state index is 8.67. The van der Waals surface area contributed by atoms with Gasteiger partial charge in [-0.05, 0) is 42.7 Å². The van der Waals surface area contributed by atoms with Crippen LogP contribution in [0, 0.1) is 11.3 Å². The van der Waals surface area contributed by atoms with Crippen molar-refractivity contribution in [2.24, 2.45) is 0 Å². The predicted octanol–water partition coefficient (Wildman–Crippen LogP) is 1.80. The van der Waals surface area contributed by atoms with Crippen molar-refractivity contribution in [3.63, 3.8) is 0 Å². The van der Waals surface area contributed by atoms with E-state index in [1.165, 1.54) is 12.2 Å². The number of hydrogen-bond acceptors (Lipinski definition) is 4. The Morgan fingerprint density at radius 1 is 1.60 bits per heavy atom. The summed E-state index contributed by atoms with van der Waals surface area (Å²) >= 11 is 1.86. The Labute approximate surface area is 94.9 Å². The van der Waals surface area contributed by atoms with E-state index in [0.717, 1.165) is 18.7 Å². The van der Waals surface area contributed by atoms with E-state index < -0.39 is 0 Å². The van der Waals surface area contributed by atoms with Crippen LogP contribution >= 0.6 is 11.8 Å². The molecule has 4 heteroatoms. The van der Waals surface area contributed by atoms with Gasteiger partial charge in [-0.2, -0.15) is 17.0 Å². The van der Waals surface area contributed by atoms with Crippen molar-refractivity contribution in [3.05, 3.63) is 29.6 Å². The molecule has 0 atom stereocenters. The minimum atomic E-state index is 0.485. The first kappa shape index (κ1) is 12.0. The van der Waals surface area contributed by atoms with Gasteiger partial charge >= 0.3 is 0 Å². The van der Waals surface area contributed by atoms with Gasteiger partial charge in [-0.3, -0.25) is 0 Å². The first-order chi connectivity index (χ1) is 7.36. The molecule has 0 spiro atoms. The summed E-state index contributed by atoms with van der Waals surface area (Å²) in [5, 5.41) is 12.0. The molecule has 0 aromatic carbocycles. The smallest absolute Gasteiger partial charge is 0.140 e. The van der Waals surface area contributed by atoms with E-state index in [1.54, 1.807) is 6.20 Å². The summed E-state index contributed by atoms with van der Waals surface area (Å²) in [6.07, 6.45) is 4.97. The molecule has 0 bridgehead atoms. The third kappa shape index (κ3) is 4.82. The Bertz CT molecular complexity index is 333. The van der Waals surface area contributed by atoms with Gasteiger partial charge in [-0.1, -0.05) is 0 Å². The molecule has 1 N–H and O–H groups in total. The van der Waals surface area contributed by atoms with Crippen LogP contribution in [0.4, 0.5) is 0 Å². The normalized spacial score (nSPS) is 9.87. The van der Waals surface area contributed by atoms with Crippen LogP contribution in [-0.2, 0) is 6.54 Å². The highest BCUT2D eigenvalue weighted by molar-refractivity contribution is 7.98. The molecule has 0 aliphatic heterocycles. The number of thioether (sulfide) groups is 1. The number of hydrogen-bond donors (Lipinski definition) is 1. The second-order valence-corrected chi connectivity index (χ2v) is 4.17. The number of aromatic nitrogens is 1. The molecule has 0 radical (unpaired) electrons. The average Bonchev–Trinajstić information content (AvgIpc) is 2.29. The SMILES string of the molecule is CSCCCNCc1ccnc(C#N)c1. The zero-order valence-electron chi connectivity index (χ0n) is 8.86. The van der Waals surface area contributed by atoms with Gasteiger partial charge in [-0.15, -0.1) is 0 Å². The second-order valence-electron chi connectivity index (χ2n) is 3.18. The lowest BCUT2D eigenvalue weighted by Gasteiger charge is -2.03. The third-order valence-corrected chi connectivity index (χ3v) is 2.67. The van der Waals surface area contributed by atoms with Gasteiger partial charge in [0.1, 0.15) is 11.8 Å². The molecule has 1 heterocycles. The van der Waals surface area contributed by atoms with Crippen LogP contribution < -0.4 is 5.32 Å². The van der Waals surface area contributed by atoms with Crippen LogP contribution in [-0.4, -0.2) is 23.5 Å². The van der Waals surface area contributed by atoms with Crippen LogP contribution in [0.3, 0.4) is 0 Å². The quantitative estimate of drug-likeness (QED) is 0.744. The highest BCUT2D eigenvalue weighted by Crippen LogP contribution is 2.00. The van der Waals surface area contributed by atoms with Gasteiger partial charge in [-0.25, -0.2) is 4.98 Å². The topological polar surface area (TPSA) is 48.7 Å². The molecule has 0 fully saturated rings. The highest BCUT2D eigenvalue weighted by atomic mass is 32.2. The van der Waals surface area contributed by atoms with Crippen molar-refractivity contribution in [2.75, 3.05) is 18.6 Å². The van der Waals surface area contributed by atoms with Crippen molar-refractivity contribution < 1.29 is 0 Å². The van der Waals surface area contributed by atoms with E-state index >= 15 is 0 Å². The molecular formula is C11H15N3S. The van der Waals surface area contributed by atoms with Crippen molar-refractivity contribution in [1.82, 2.24) is 10.3 Å². The first-order valence-electron chi connectivity index (χ1n) is 4.91. The fourth-order valence-corrected chi connectivity index (χ4v) is 1.65. The lowest BCUT2D eigenvalue weighted by molar-refractivity contribution is 0.678. The van der Waals surface area contributed by atoms with E-state index in [4.69, 9.17) is 5.26 Å². The summed E-state index contributed by atoms with van der Waals surface area (Å²) in [6, 6.07) is 5.79. The van der Waals surface area contributed by atoms with E-state index in [-0.39, 0.29) is 0 Å². The van der Waals surface area contributed by atoms with Crippen LogP contribution in [0.25, 0.3) is 0 Å². The number of nitriles is 1. The van der Waals surface area contributed by atoms with E-state index in [1.807, 2.05) is 30.0 Å². The molecule has 0 aliphatic carbocycles. The lowest BCUT2D eigenvalue weighted by Crippen LogP contribution is -2.15. The second kappa shape index (κ2) is 7.27. The summed E-state index contributed by atoms with van der Waals surface area (Å²) in [4.78, 5) is 3.92. The van der Waals surface area contributed by atoms with Crippen molar-refractivity contribution in [2.45, 2.75) is 13.0 Å². The molecule has 0 aliphatic rings. The Kier molecular flexibility index (Phi) is 5.83. The zero-order chi connectivity index (χ0) is 10.9. The van der Waals surface area contributed by atoms with E-state index in [0.29, 0.717) is 5.69 Å². The molecule has 0 saturated heterocycles. The minimum Gasteiger partial charge on any atom is -0.313 e. The molecule has 1 aromatic heterocycles. The summed E-state index contributed by atoms with van der Waals surface area (Å²) in [7, 11) is 0. The molecule has 0 amide bonds. The predicted molar refractivity (Wildman–Crippen MR) is 63.7 cm³/mol. The number of nitrogens with one attached hydrogen (secondary N) is 1. The standard InChI is InChI=1S/C11H15N3S/c1-15-6-2-4-13-9-10-3-5-14-11(7-10)8-12/h3,5,7,13H,2,4,6,9H2,1H3. The first-order valence-corrected chi connectivity index (χ1v) is 6.31. The van der Waals surface area contributed by atoms with Crippen LogP contribution in [0.1, 0.15) is 17.7 Å². The van der Waals surface area contributed by atoms with E-state index in [9.17, 15) is 0 Å². The van der Waals surface area contributed by atoms with Gasteiger partial charge in [0.05, 0.1) is 0 Å². The largest absolute Gasteiger partial charge is 0.313 e. The maximum atomic E-state index is 8.67. The summed E-state index contributed by atoms with van der Waals surface area (Å²) in [6.45, 7) is 1.83. The Balaban J connectivity index is 2.28. The monoisotopic (exact) mass is 221 g/mol. The summed E-state index contributed by atoms with van der Waals surface area (Å²) < 4.78 is 0. The number of nitrogens with zero attached hydrogens (tertiary/aromatic N) is 2. The van der Waals surface area contributed by atoms with Crippen molar-refractivity contribution in [3.8, 4) is 6.07 Å². The maximum Gasteiger partial charge on any atom is 0.140 e. The van der Waals surface area contributed by atoms with Crippen molar-refractivity contribution >= 4 is 11.8 Å². The molecular weight excluding hydrogens is 206 g/mol. The van der Waals surface area contributed by atoms with Gasteiger partial charge in [0.2, 0.25) is 0 Å². The molecule has 15 heavy (non-hydrogen) atoms. The summed E-state index contributed by atoms with van der Waals surface area (Å²) in [5.41, 5.74) is 1.60. The third-order valence-electron chi connectivity index (χ3n) is 1.97. The minimum absolute atomic E-state index is 0.485. The van der Waals surface area contributed by atoms with Gasteiger partial charge in [0.15, 0.2) is 0 Å². The van der Waals surface area contributed by atoms with Gasteiger partial charge < -0.3 is 5.32 Å². The molecule has 1 rings (SSSR count). The van der Waals surface area contributed by atoms with Crippen LogP contribution in [0.15, 0.2) is 18.3 Å². The van der Waals surface area contributed by atoms with Crippen LogP contribution in [0.5, 0.6) is 0 Å². The van der Waals surface area contributed by atoms with Crippen LogP contribution in [0.2, 0.25) is 0 Å². The molecule has 0 saturated carbocycles. The fraction of sp³-hybridized carbons (Fsp3) is 0.455.